The van der Waals surface area contributed by atoms with Crippen molar-refractivity contribution in [2.24, 2.45) is 11.8 Å². The molecule has 0 N–H and O–H groups in total. The SMILES string of the molecule is CC(C)N(CC(=O)N1CCN(C)CC1)C[C@H]1C[C@H]1C. The summed E-state index contributed by atoms with van der Waals surface area (Å²) in [7, 11) is 2.12. The van der Waals surface area contributed by atoms with Gasteiger partial charge in [-0.15, -0.1) is 0 Å². The fourth-order valence-electron chi connectivity index (χ4n) is 2.74. The molecule has 4 nitrogen and oxygen atoms in total. The van der Waals surface area contributed by atoms with Crippen molar-refractivity contribution in [3.63, 3.8) is 0 Å². The zero-order valence-electron chi connectivity index (χ0n) is 12.9. The quantitative estimate of drug-likeness (QED) is 0.747. The zero-order valence-corrected chi connectivity index (χ0v) is 12.9. The zero-order chi connectivity index (χ0) is 14.0. The number of likely N-dealkylation sites (N-methyl/N-ethyl adjacent to an activating group) is 1. The van der Waals surface area contributed by atoms with Crippen LogP contribution >= 0.6 is 0 Å². The largest absolute Gasteiger partial charge is 0.339 e. The highest BCUT2D eigenvalue weighted by Crippen LogP contribution is 2.38. The Labute approximate surface area is 117 Å². The normalized spacial score (nSPS) is 28.2. The Hall–Kier alpha value is -0.610. The van der Waals surface area contributed by atoms with Crippen molar-refractivity contribution in [3.8, 4) is 0 Å². The molecule has 0 bridgehead atoms. The van der Waals surface area contributed by atoms with Gasteiger partial charge in [0.1, 0.15) is 0 Å². The molecule has 1 saturated heterocycles. The van der Waals surface area contributed by atoms with Crippen LogP contribution in [0.3, 0.4) is 0 Å². The molecule has 2 fully saturated rings. The third-order valence-electron chi connectivity index (χ3n) is 4.67. The van der Waals surface area contributed by atoms with Gasteiger partial charge in [0.15, 0.2) is 0 Å². The van der Waals surface area contributed by atoms with E-state index < -0.39 is 0 Å². The van der Waals surface area contributed by atoms with Crippen LogP contribution < -0.4 is 0 Å². The van der Waals surface area contributed by atoms with Crippen LogP contribution in [-0.2, 0) is 4.79 Å². The highest BCUT2D eigenvalue weighted by Gasteiger charge is 2.35. The van der Waals surface area contributed by atoms with Gasteiger partial charge >= 0.3 is 0 Å². The van der Waals surface area contributed by atoms with Crippen molar-refractivity contribution in [2.75, 3.05) is 46.3 Å². The number of nitrogens with zero attached hydrogens (tertiary/aromatic N) is 3. The summed E-state index contributed by atoms with van der Waals surface area (Å²) in [5.41, 5.74) is 0. The molecular weight excluding hydrogens is 238 g/mol. The standard InChI is InChI=1S/C15H29N3O/c1-12(2)18(10-14-9-13(14)3)11-15(19)17-7-5-16(4)6-8-17/h12-14H,5-11H2,1-4H3/t13-,14-/m1/s1. The Balaban J connectivity index is 1.80. The fraction of sp³-hybridized carbons (Fsp3) is 0.933. The third-order valence-corrected chi connectivity index (χ3v) is 4.67. The number of hydrogen-bond acceptors (Lipinski definition) is 3. The summed E-state index contributed by atoms with van der Waals surface area (Å²) in [6.07, 6.45) is 1.34. The average molecular weight is 267 g/mol. The Morgan fingerprint density at radius 3 is 2.32 bits per heavy atom. The van der Waals surface area contributed by atoms with E-state index in [1.807, 2.05) is 4.90 Å². The van der Waals surface area contributed by atoms with Crippen molar-refractivity contribution in [1.82, 2.24) is 14.7 Å². The predicted molar refractivity (Wildman–Crippen MR) is 78.1 cm³/mol. The van der Waals surface area contributed by atoms with Gasteiger partial charge in [-0.3, -0.25) is 9.69 Å². The summed E-state index contributed by atoms with van der Waals surface area (Å²) in [6.45, 7) is 12.2. The number of carbonyl (C=O) groups is 1. The van der Waals surface area contributed by atoms with E-state index in [9.17, 15) is 4.79 Å². The summed E-state index contributed by atoms with van der Waals surface area (Å²) >= 11 is 0. The van der Waals surface area contributed by atoms with E-state index in [4.69, 9.17) is 0 Å². The van der Waals surface area contributed by atoms with E-state index >= 15 is 0 Å². The first-order valence-electron chi connectivity index (χ1n) is 7.67. The second kappa shape index (κ2) is 6.23. The van der Waals surface area contributed by atoms with Crippen LogP contribution in [0, 0.1) is 11.8 Å². The predicted octanol–water partition coefficient (Wildman–Crippen LogP) is 1.13. The highest BCUT2D eigenvalue weighted by molar-refractivity contribution is 5.78. The molecule has 0 aromatic rings. The monoisotopic (exact) mass is 267 g/mol. The minimum absolute atomic E-state index is 0.315. The van der Waals surface area contributed by atoms with Crippen LogP contribution in [0.25, 0.3) is 0 Å². The number of amides is 1. The molecule has 4 heteroatoms. The van der Waals surface area contributed by atoms with Crippen molar-refractivity contribution in [2.45, 2.75) is 33.2 Å². The maximum atomic E-state index is 12.4. The molecule has 0 unspecified atom stereocenters. The maximum Gasteiger partial charge on any atom is 0.236 e. The van der Waals surface area contributed by atoms with Crippen LogP contribution in [0.15, 0.2) is 0 Å². The van der Waals surface area contributed by atoms with Crippen LogP contribution in [0.2, 0.25) is 0 Å². The number of rotatable bonds is 5. The molecule has 2 rings (SSSR count). The van der Waals surface area contributed by atoms with Gasteiger partial charge in [-0.25, -0.2) is 0 Å². The lowest BCUT2D eigenvalue weighted by Gasteiger charge is -2.35. The summed E-state index contributed by atoms with van der Waals surface area (Å²) < 4.78 is 0. The van der Waals surface area contributed by atoms with Gasteiger partial charge in [-0.1, -0.05) is 6.92 Å². The van der Waals surface area contributed by atoms with E-state index in [0.717, 1.165) is 44.6 Å². The lowest BCUT2D eigenvalue weighted by atomic mass is 10.2. The van der Waals surface area contributed by atoms with Crippen LogP contribution in [0.4, 0.5) is 0 Å². The minimum atomic E-state index is 0.315. The summed E-state index contributed by atoms with van der Waals surface area (Å²) in [6, 6.07) is 0.462. The third kappa shape index (κ3) is 4.18. The van der Waals surface area contributed by atoms with E-state index in [1.54, 1.807) is 0 Å². The number of hydrogen-bond donors (Lipinski definition) is 0. The molecule has 0 radical (unpaired) electrons. The number of piperazine rings is 1. The van der Waals surface area contributed by atoms with Gasteiger partial charge in [0.2, 0.25) is 5.91 Å². The Kier molecular flexibility index (Phi) is 4.85. The molecule has 1 aliphatic carbocycles. The molecule has 2 atom stereocenters. The fourth-order valence-corrected chi connectivity index (χ4v) is 2.74. The van der Waals surface area contributed by atoms with Gasteiger partial charge in [-0.2, -0.15) is 0 Å². The average Bonchev–Trinajstić information content (AvgIpc) is 3.04. The number of carbonyl (C=O) groups excluding carboxylic acids is 1. The van der Waals surface area contributed by atoms with E-state index in [1.165, 1.54) is 6.42 Å². The van der Waals surface area contributed by atoms with Gasteiger partial charge in [0.05, 0.1) is 6.54 Å². The van der Waals surface area contributed by atoms with E-state index in [-0.39, 0.29) is 0 Å². The van der Waals surface area contributed by atoms with Gasteiger partial charge < -0.3 is 9.80 Å². The summed E-state index contributed by atoms with van der Waals surface area (Å²) in [4.78, 5) is 19.0. The molecule has 110 valence electrons. The minimum Gasteiger partial charge on any atom is -0.339 e. The van der Waals surface area contributed by atoms with Crippen molar-refractivity contribution < 1.29 is 4.79 Å². The molecule has 2 aliphatic rings. The van der Waals surface area contributed by atoms with Gasteiger partial charge in [-0.05, 0) is 39.2 Å². The molecular formula is C15H29N3O. The Bertz CT molecular complexity index is 311. The molecule has 1 saturated carbocycles. The topological polar surface area (TPSA) is 26.8 Å². The lowest BCUT2D eigenvalue weighted by molar-refractivity contribution is -0.134. The van der Waals surface area contributed by atoms with Crippen molar-refractivity contribution >= 4 is 5.91 Å². The molecule has 0 aromatic heterocycles. The Morgan fingerprint density at radius 2 is 1.84 bits per heavy atom. The molecule has 0 spiro atoms. The smallest absolute Gasteiger partial charge is 0.236 e. The molecule has 19 heavy (non-hydrogen) atoms. The highest BCUT2D eigenvalue weighted by atomic mass is 16.2. The maximum absolute atomic E-state index is 12.4. The summed E-state index contributed by atoms with van der Waals surface area (Å²) in [5, 5.41) is 0. The first kappa shape index (κ1) is 14.8. The van der Waals surface area contributed by atoms with Crippen LogP contribution in [0.1, 0.15) is 27.2 Å². The van der Waals surface area contributed by atoms with Crippen LogP contribution in [-0.4, -0.2) is 73.0 Å². The second-order valence-corrected chi connectivity index (χ2v) is 6.68. The second-order valence-electron chi connectivity index (χ2n) is 6.68. The molecule has 0 aromatic carbocycles. The summed E-state index contributed by atoms with van der Waals surface area (Å²) in [5.74, 6) is 2.00. The van der Waals surface area contributed by atoms with E-state index in [0.29, 0.717) is 18.5 Å². The Morgan fingerprint density at radius 1 is 1.26 bits per heavy atom. The molecule has 1 aliphatic heterocycles. The van der Waals surface area contributed by atoms with E-state index in [2.05, 4.69) is 37.6 Å². The molecule has 1 amide bonds. The van der Waals surface area contributed by atoms with Crippen molar-refractivity contribution in [1.29, 1.82) is 0 Å². The first-order valence-corrected chi connectivity index (χ1v) is 7.67. The lowest BCUT2D eigenvalue weighted by Crippen LogP contribution is -2.51. The first-order chi connectivity index (χ1) is 8.97. The van der Waals surface area contributed by atoms with Gasteiger partial charge in [0.25, 0.3) is 0 Å². The molecule has 1 heterocycles. The van der Waals surface area contributed by atoms with Crippen LogP contribution in [0.5, 0.6) is 0 Å². The van der Waals surface area contributed by atoms with Gasteiger partial charge in [0, 0.05) is 38.8 Å². The van der Waals surface area contributed by atoms with Crippen molar-refractivity contribution in [3.05, 3.63) is 0 Å².